The Labute approximate surface area is 201 Å². The van der Waals surface area contributed by atoms with Gasteiger partial charge in [-0.25, -0.2) is 8.42 Å². The third-order valence-electron chi connectivity index (χ3n) is 6.02. The van der Waals surface area contributed by atoms with Crippen LogP contribution in [0.3, 0.4) is 0 Å². The van der Waals surface area contributed by atoms with Crippen molar-refractivity contribution in [3.63, 3.8) is 0 Å². The summed E-state index contributed by atoms with van der Waals surface area (Å²) in [5.74, 6) is 0.782. The highest BCUT2D eigenvalue weighted by Gasteiger charge is 2.29. The highest BCUT2D eigenvalue weighted by atomic mass is 32.2. The van der Waals surface area contributed by atoms with Gasteiger partial charge in [-0.2, -0.15) is 0 Å². The van der Waals surface area contributed by atoms with Gasteiger partial charge in [0.05, 0.1) is 19.4 Å². The lowest BCUT2D eigenvalue weighted by Gasteiger charge is -2.19. The molecule has 1 fully saturated rings. The van der Waals surface area contributed by atoms with Crippen LogP contribution in [0.5, 0.6) is 11.5 Å². The fourth-order valence-corrected chi connectivity index (χ4v) is 5.74. The summed E-state index contributed by atoms with van der Waals surface area (Å²) in [6.45, 7) is 5.04. The third kappa shape index (κ3) is 5.25. The molecule has 4 rings (SSSR count). The van der Waals surface area contributed by atoms with E-state index >= 15 is 0 Å². The molecule has 34 heavy (non-hydrogen) atoms. The summed E-state index contributed by atoms with van der Waals surface area (Å²) in [6.07, 6.45) is 0.579. The predicted molar refractivity (Wildman–Crippen MR) is 131 cm³/mol. The number of amides is 1. The molecule has 0 bridgehead atoms. The molecule has 0 N–H and O–H groups in total. The smallest absolute Gasteiger partial charge is 0.254 e. The molecule has 0 saturated carbocycles. The lowest BCUT2D eigenvalue weighted by molar-refractivity contribution is 0.0771. The Hall–Kier alpha value is -3.32. The highest BCUT2D eigenvalue weighted by Crippen LogP contribution is 2.28. The fourth-order valence-electron chi connectivity index (χ4n) is 4.22. The number of carbonyl (C=O) groups excluding carboxylic acids is 1. The van der Waals surface area contributed by atoms with Crippen LogP contribution in [0.25, 0.3) is 0 Å². The fraction of sp³-hybridized carbons (Fsp3) is 0.296. The highest BCUT2D eigenvalue weighted by molar-refractivity contribution is 7.90. The van der Waals surface area contributed by atoms with Crippen molar-refractivity contribution < 1.29 is 22.7 Å². The van der Waals surface area contributed by atoms with Gasteiger partial charge in [-0.05, 0) is 55.3 Å². The summed E-state index contributed by atoms with van der Waals surface area (Å²) in [4.78, 5) is 15.0. The Morgan fingerprint density at radius 3 is 2.62 bits per heavy atom. The molecule has 1 aliphatic heterocycles. The van der Waals surface area contributed by atoms with Gasteiger partial charge in [0, 0.05) is 18.5 Å². The first-order valence-corrected chi connectivity index (χ1v) is 12.9. The van der Waals surface area contributed by atoms with Crippen molar-refractivity contribution in [1.29, 1.82) is 0 Å². The van der Waals surface area contributed by atoms with E-state index in [0.717, 1.165) is 23.1 Å². The van der Waals surface area contributed by atoms with E-state index in [9.17, 15) is 13.2 Å². The van der Waals surface area contributed by atoms with E-state index in [1.54, 1.807) is 42.5 Å². The summed E-state index contributed by atoms with van der Waals surface area (Å²) in [5, 5.41) is 0. The van der Waals surface area contributed by atoms with Gasteiger partial charge in [0.25, 0.3) is 5.91 Å². The van der Waals surface area contributed by atoms with E-state index in [-0.39, 0.29) is 22.7 Å². The Balaban J connectivity index is 1.43. The number of hydrogen-bond donors (Lipinski definition) is 0. The van der Waals surface area contributed by atoms with Crippen LogP contribution in [-0.4, -0.2) is 45.5 Å². The second-order valence-corrected chi connectivity index (χ2v) is 10.6. The van der Waals surface area contributed by atoms with Crippen molar-refractivity contribution in [3.05, 3.63) is 89.0 Å². The molecular weight excluding hydrogens is 450 g/mol. The number of rotatable bonds is 7. The lowest BCUT2D eigenvalue weighted by atomic mass is 10.0. The Bertz CT molecular complexity index is 1300. The van der Waals surface area contributed by atoms with Gasteiger partial charge >= 0.3 is 0 Å². The van der Waals surface area contributed by atoms with E-state index < -0.39 is 9.84 Å². The number of likely N-dealkylation sites (tertiary alicyclic amines) is 1. The van der Waals surface area contributed by atoms with Crippen LogP contribution in [-0.2, 0) is 15.6 Å². The van der Waals surface area contributed by atoms with E-state index in [0.29, 0.717) is 30.2 Å². The standard InChI is InChI=1S/C27H29NO5S/c1-19-11-12-20(2)24(15-19)27(29)28-14-13-23(17-28)33-22-8-6-7-21(16-22)18-34(30,31)26-10-5-4-9-25(26)32-3/h4-12,15-16,23H,13-14,17-18H2,1-3H3/t23-/m0/s1. The van der Waals surface area contributed by atoms with Crippen molar-refractivity contribution in [3.8, 4) is 11.5 Å². The van der Waals surface area contributed by atoms with Crippen molar-refractivity contribution in [2.75, 3.05) is 20.2 Å². The molecule has 0 spiro atoms. The maximum atomic E-state index is 13.0. The molecule has 1 saturated heterocycles. The number of para-hydroxylation sites is 1. The van der Waals surface area contributed by atoms with Crippen molar-refractivity contribution >= 4 is 15.7 Å². The SMILES string of the molecule is COc1ccccc1S(=O)(=O)Cc1cccc(O[C@H]2CCN(C(=O)c3cc(C)ccc3C)C2)c1. The second kappa shape index (κ2) is 9.89. The first-order chi connectivity index (χ1) is 16.3. The molecule has 0 aliphatic carbocycles. The monoisotopic (exact) mass is 479 g/mol. The average Bonchev–Trinajstić information content (AvgIpc) is 3.28. The zero-order valence-electron chi connectivity index (χ0n) is 19.7. The van der Waals surface area contributed by atoms with Gasteiger partial charge in [-0.15, -0.1) is 0 Å². The molecule has 178 valence electrons. The summed E-state index contributed by atoms with van der Waals surface area (Å²) >= 11 is 0. The number of aryl methyl sites for hydroxylation is 2. The minimum Gasteiger partial charge on any atom is -0.495 e. The minimum atomic E-state index is -3.59. The van der Waals surface area contributed by atoms with Gasteiger partial charge in [-0.1, -0.05) is 42.0 Å². The van der Waals surface area contributed by atoms with Crippen LogP contribution in [0.1, 0.15) is 33.5 Å². The molecule has 3 aromatic rings. The van der Waals surface area contributed by atoms with E-state index in [1.165, 1.54) is 7.11 Å². The van der Waals surface area contributed by atoms with Crippen LogP contribution in [0, 0.1) is 13.8 Å². The molecule has 1 heterocycles. The number of carbonyl (C=O) groups is 1. The zero-order valence-corrected chi connectivity index (χ0v) is 20.5. The average molecular weight is 480 g/mol. The number of hydrogen-bond acceptors (Lipinski definition) is 5. The van der Waals surface area contributed by atoms with E-state index in [4.69, 9.17) is 9.47 Å². The van der Waals surface area contributed by atoms with Crippen molar-refractivity contribution in [2.24, 2.45) is 0 Å². The molecule has 1 atom stereocenters. The molecule has 1 amide bonds. The summed E-state index contributed by atoms with van der Waals surface area (Å²) in [5.41, 5.74) is 3.37. The van der Waals surface area contributed by atoms with Gasteiger partial charge in [0.2, 0.25) is 0 Å². The first-order valence-electron chi connectivity index (χ1n) is 11.2. The maximum Gasteiger partial charge on any atom is 0.254 e. The number of sulfone groups is 1. The maximum absolute atomic E-state index is 13.0. The molecule has 1 aliphatic rings. The van der Waals surface area contributed by atoms with Gasteiger partial charge in [-0.3, -0.25) is 4.79 Å². The normalized spacial score (nSPS) is 15.9. The zero-order chi connectivity index (χ0) is 24.3. The van der Waals surface area contributed by atoms with Crippen molar-refractivity contribution in [2.45, 2.75) is 37.0 Å². The van der Waals surface area contributed by atoms with Crippen LogP contribution < -0.4 is 9.47 Å². The van der Waals surface area contributed by atoms with Gasteiger partial charge in [0.15, 0.2) is 9.84 Å². The third-order valence-corrected chi connectivity index (χ3v) is 7.74. The Morgan fingerprint density at radius 1 is 1.03 bits per heavy atom. The first kappa shape index (κ1) is 23.8. The Morgan fingerprint density at radius 2 is 1.82 bits per heavy atom. The minimum absolute atomic E-state index is 0.0175. The number of ether oxygens (including phenoxy) is 2. The van der Waals surface area contributed by atoms with Crippen molar-refractivity contribution in [1.82, 2.24) is 4.90 Å². The van der Waals surface area contributed by atoms with Gasteiger partial charge < -0.3 is 14.4 Å². The van der Waals surface area contributed by atoms with Crippen LogP contribution in [0.2, 0.25) is 0 Å². The topological polar surface area (TPSA) is 72.9 Å². The molecule has 0 unspecified atom stereocenters. The number of benzene rings is 3. The molecule has 0 aromatic heterocycles. The number of nitrogens with zero attached hydrogens (tertiary/aromatic N) is 1. The Kier molecular flexibility index (Phi) is 6.93. The largest absolute Gasteiger partial charge is 0.495 e. The van der Waals surface area contributed by atoms with Gasteiger partial charge in [0.1, 0.15) is 22.5 Å². The summed E-state index contributed by atoms with van der Waals surface area (Å²) in [7, 11) is -2.13. The lowest BCUT2D eigenvalue weighted by Crippen LogP contribution is -2.31. The summed E-state index contributed by atoms with van der Waals surface area (Å²) in [6, 6.07) is 19.6. The molecule has 0 radical (unpaired) electrons. The number of methoxy groups -OCH3 is 1. The van der Waals surface area contributed by atoms with E-state index in [2.05, 4.69) is 0 Å². The van der Waals surface area contributed by atoms with Crippen LogP contribution in [0.4, 0.5) is 0 Å². The second-order valence-electron chi connectivity index (χ2n) is 8.66. The van der Waals surface area contributed by atoms with Crippen LogP contribution >= 0.6 is 0 Å². The van der Waals surface area contributed by atoms with Crippen LogP contribution in [0.15, 0.2) is 71.6 Å². The van der Waals surface area contributed by atoms with E-state index in [1.807, 2.05) is 43.0 Å². The molecule has 3 aromatic carbocycles. The predicted octanol–water partition coefficient (Wildman–Crippen LogP) is 4.58. The molecule has 7 heteroatoms. The molecular formula is C27H29NO5S. The molecule has 6 nitrogen and oxygen atoms in total. The summed E-state index contributed by atoms with van der Waals surface area (Å²) < 4.78 is 37.3. The quantitative estimate of drug-likeness (QED) is 0.496.